The number of benzene rings is 2. The van der Waals surface area contributed by atoms with Crippen LogP contribution in [0.15, 0.2) is 59.0 Å². The molecule has 0 radical (unpaired) electrons. The van der Waals surface area contributed by atoms with E-state index in [1.807, 2.05) is 29.6 Å². The molecule has 1 heterocycles. The summed E-state index contributed by atoms with van der Waals surface area (Å²) in [7, 11) is 1.58. The van der Waals surface area contributed by atoms with Crippen molar-refractivity contribution in [2.24, 2.45) is 5.10 Å². The van der Waals surface area contributed by atoms with E-state index in [4.69, 9.17) is 4.74 Å². The van der Waals surface area contributed by atoms with Gasteiger partial charge in [0.15, 0.2) is 0 Å². The fourth-order valence-electron chi connectivity index (χ4n) is 2.26. The number of aromatic nitrogens is 1. The van der Waals surface area contributed by atoms with Gasteiger partial charge in [-0.25, -0.2) is 14.8 Å². The first-order valence-electron chi connectivity index (χ1n) is 7.81. The van der Waals surface area contributed by atoms with Gasteiger partial charge in [0.2, 0.25) is 5.91 Å². The zero-order valence-corrected chi connectivity index (χ0v) is 14.8. The SMILES string of the molecule is COc1ccccc1/C=N\NC(=O)Cc1csc(-c2ccc(F)cc2)n1. The first-order chi connectivity index (χ1) is 12.7. The van der Waals surface area contributed by atoms with Crippen LogP contribution >= 0.6 is 11.3 Å². The number of hydrazone groups is 1. The summed E-state index contributed by atoms with van der Waals surface area (Å²) in [6.07, 6.45) is 1.64. The Hall–Kier alpha value is -3.06. The monoisotopic (exact) mass is 369 g/mol. The predicted octanol–water partition coefficient (Wildman–Crippen LogP) is 3.65. The van der Waals surface area contributed by atoms with Crippen molar-refractivity contribution >= 4 is 23.5 Å². The van der Waals surface area contributed by atoms with Crippen molar-refractivity contribution in [3.63, 3.8) is 0 Å². The predicted molar refractivity (Wildman–Crippen MR) is 99.9 cm³/mol. The van der Waals surface area contributed by atoms with E-state index in [1.54, 1.807) is 19.2 Å². The fourth-order valence-corrected chi connectivity index (χ4v) is 3.09. The summed E-state index contributed by atoms with van der Waals surface area (Å²) in [6, 6.07) is 13.5. The van der Waals surface area contributed by atoms with Gasteiger partial charge in [-0.05, 0) is 36.4 Å². The minimum absolute atomic E-state index is 0.112. The second-order valence-electron chi connectivity index (χ2n) is 5.36. The van der Waals surface area contributed by atoms with Gasteiger partial charge in [-0.3, -0.25) is 4.79 Å². The molecule has 2 aromatic carbocycles. The van der Waals surface area contributed by atoms with Crippen molar-refractivity contribution in [3.05, 3.63) is 71.0 Å². The zero-order chi connectivity index (χ0) is 18.4. The first kappa shape index (κ1) is 17.8. The maximum Gasteiger partial charge on any atom is 0.246 e. The molecule has 26 heavy (non-hydrogen) atoms. The summed E-state index contributed by atoms with van der Waals surface area (Å²) in [5.41, 5.74) is 4.70. The summed E-state index contributed by atoms with van der Waals surface area (Å²) in [5.74, 6) is 0.110. The van der Waals surface area contributed by atoms with Crippen LogP contribution in [0.1, 0.15) is 11.3 Å². The van der Waals surface area contributed by atoms with Crippen molar-refractivity contribution < 1.29 is 13.9 Å². The minimum atomic E-state index is -0.294. The Balaban J connectivity index is 1.58. The van der Waals surface area contributed by atoms with Gasteiger partial charge < -0.3 is 4.74 Å². The van der Waals surface area contributed by atoms with Crippen LogP contribution in [0.3, 0.4) is 0 Å². The van der Waals surface area contributed by atoms with Crippen molar-refractivity contribution in [2.45, 2.75) is 6.42 Å². The van der Waals surface area contributed by atoms with Crippen LogP contribution in [0, 0.1) is 5.82 Å². The van der Waals surface area contributed by atoms with Crippen molar-refractivity contribution in [1.82, 2.24) is 10.4 Å². The third-order valence-corrected chi connectivity index (χ3v) is 4.46. The van der Waals surface area contributed by atoms with E-state index in [2.05, 4.69) is 15.5 Å². The molecule has 132 valence electrons. The second-order valence-corrected chi connectivity index (χ2v) is 6.22. The number of thiazole rings is 1. The van der Waals surface area contributed by atoms with Gasteiger partial charge in [0.25, 0.3) is 0 Å². The van der Waals surface area contributed by atoms with Crippen LogP contribution in [-0.2, 0) is 11.2 Å². The molecule has 0 aliphatic carbocycles. The van der Waals surface area contributed by atoms with Crippen LogP contribution in [-0.4, -0.2) is 24.2 Å². The zero-order valence-electron chi connectivity index (χ0n) is 14.0. The van der Waals surface area contributed by atoms with Crippen LogP contribution in [0.2, 0.25) is 0 Å². The Morgan fingerprint density at radius 2 is 2.04 bits per heavy atom. The van der Waals surface area contributed by atoms with Crippen LogP contribution < -0.4 is 10.2 Å². The molecule has 3 rings (SSSR count). The lowest BCUT2D eigenvalue weighted by molar-refractivity contribution is -0.120. The van der Waals surface area contributed by atoms with Crippen molar-refractivity contribution in [1.29, 1.82) is 0 Å². The molecule has 0 fully saturated rings. The number of ether oxygens (including phenoxy) is 1. The van der Waals surface area contributed by atoms with Crippen LogP contribution in [0.4, 0.5) is 4.39 Å². The Kier molecular flexibility index (Phi) is 5.70. The first-order valence-corrected chi connectivity index (χ1v) is 8.69. The quantitative estimate of drug-likeness (QED) is 0.533. The molecule has 0 saturated carbocycles. The highest BCUT2D eigenvalue weighted by Gasteiger charge is 2.09. The van der Waals surface area contributed by atoms with E-state index < -0.39 is 0 Å². The third kappa shape index (κ3) is 4.52. The summed E-state index contributed by atoms with van der Waals surface area (Å²) in [6.45, 7) is 0. The molecule has 0 atom stereocenters. The van der Waals surface area contributed by atoms with Crippen LogP contribution in [0.25, 0.3) is 10.6 Å². The van der Waals surface area contributed by atoms with Crippen molar-refractivity contribution in [3.8, 4) is 16.3 Å². The number of amides is 1. The van der Waals surface area contributed by atoms with Gasteiger partial charge in [0, 0.05) is 16.5 Å². The molecule has 1 N–H and O–H groups in total. The van der Waals surface area contributed by atoms with Gasteiger partial charge in [-0.15, -0.1) is 11.3 Å². The molecule has 5 nitrogen and oxygen atoms in total. The number of hydrogen-bond acceptors (Lipinski definition) is 5. The molecule has 0 unspecified atom stereocenters. The molecule has 1 aromatic heterocycles. The lowest BCUT2D eigenvalue weighted by Crippen LogP contribution is -2.20. The highest BCUT2D eigenvalue weighted by molar-refractivity contribution is 7.13. The molecule has 0 spiro atoms. The highest BCUT2D eigenvalue weighted by atomic mass is 32.1. The lowest BCUT2D eigenvalue weighted by atomic mass is 10.2. The van der Waals surface area contributed by atoms with Gasteiger partial charge in [0.05, 0.1) is 25.4 Å². The molecular formula is C19H16FN3O2S. The average molecular weight is 369 g/mol. The maximum atomic E-state index is 13.0. The third-order valence-electron chi connectivity index (χ3n) is 3.52. The Bertz CT molecular complexity index is 923. The molecule has 0 aliphatic rings. The van der Waals surface area contributed by atoms with Crippen LogP contribution in [0.5, 0.6) is 5.75 Å². The van der Waals surface area contributed by atoms with E-state index in [0.717, 1.165) is 16.1 Å². The number of hydrogen-bond donors (Lipinski definition) is 1. The Morgan fingerprint density at radius 1 is 1.27 bits per heavy atom. The second kappa shape index (κ2) is 8.35. The summed E-state index contributed by atoms with van der Waals surface area (Å²) in [5, 5.41) is 6.50. The number of carbonyl (C=O) groups excluding carboxylic acids is 1. The Morgan fingerprint density at radius 3 is 2.81 bits per heavy atom. The van der Waals surface area contributed by atoms with Gasteiger partial charge in [0.1, 0.15) is 16.6 Å². The molecule has 3 aromatic rings. The molecular weight excluding hydrogens is 353 g/mol. The van der Waals surface area contributed by atoms with Gasteiger partial charge >= 0.3 is 0 Å². The molecule has 0 saturated heterocycles. The summed E-state index contributed by atoms with van der Waals surface area (Å²) >= 11 is 1.41. The largest absolute Gasteiger partial charge is 0.496 e. The number of nitrogens with one attached hydrogen (secondary N) is 1. The summed E-state index contributed by atoms with van der Waals surface area (Å²) in [4.78, 5) is 16.4. The van der Waals surface area contributed by atoms with Crippen molar-refractivity contribution in [2.75, 3.05) is 7.11 Å². The number of carbonyl (C=O) groups is 1. The summed E-state index contributed by atoms with van der Waals surface area (Å²) < 4.78 is 18.2. The van der Waals surface area contributed by atoms with E-state index in [0.29, 0.717) is 11.4 Å². The topological polar surface area (TPSA) is 63.6 Å². The lowest BCUT2D eigenvalue weighted by Gasteiger charge is -2.03. The van der Waals surface area contributed by atoms with E-state index >= 15 is 0 Å². The molecule has 1 amide bonds. The number of methoxy groups -OCH3 is 1. The average Bonchev–Trinajstić information content (AvgIpc) is 3.11. The standard InChI is InChI=1S/C19H16FN3O2S/c1-25-17-5-3-2-4-14(17)11-21-23-18(24)10-16-12-26-19(22-16)13-6-8-15(20)9-7-13/h2-9,11-12H,10H2,1H3,(H,23,24)/b21-11-. The fraction of sp³-hybridized carbons (Fsp3) is 0.105. The van der Waals surface area contributed by atoms with Gasteiger partial charge in [-0.1, -0.05) is 12.1 Å². The Labute approximate surface area is 154 Å². The molecule has 7 heteroatoms. The van der Waals surface area contributed by atoms with E-state index in [1.165, 1.54) is 29.7 Å². The number of rotatable bonds is 6. The normalized spacial score (nSPS) is 10.8. The number of para-hydroxylation sites is 1. The number of halogens is 1. The van der Waals surface area contributed by atoms with E-state index in [-0.39, 0.29) is 18.1 Å². The highest BCUT2D eigenvalue weighted by Crippen LogP contribution is 2.24. The smallest absolute Gasteiger partial charge is 0.246 e. The van der Waals surface area contributed by atoms with E-state index in [9.17, 15) is 9.18 Å². The van der Waals surface area contributed by atoms with Gasteiger partial charge in [-0.2, -0.15) is 5.10 Å². The number of nitrogens with zero attached hydrogens (tertiary/aromatic N) is 2. The molecule has 0 bridgehead atoms. The molecule has 0 aliphatic heterocycles. The maximum absolute atomic E-state index is 13.0. The minimum Gasteiger partial charge on any atom is -0.496 e.